The van der Waals surface area contributed by atoms with Crippen LogP contribution in [0, 0.1) is 10.8 Å². The molecular weight excluding hydrogens is 578 g/mol. The largest absolute Gasteiger partial charge is 0.487 e. The number of ether oxygens (including phenoxy) is 2. The molecule has 0 unspecified atom stereocenters. The van der Waals surface area contributed by atoms with Gasteiger partial charge in [-0.1, -0.05) is 6.07 Å². The van der Waals surface area contributed by atoms with Crippen LogP contribution in [0.25, 0.3) is 44.8 Å². The molecule has 46 heavy (non-hydrogen) atoms. The highest BCUT2D eigenvalue weighted by Crippen LogP contribution is 2.26. The summed E-state index contributed by atoms with van der Waals surface area (Å²) >= 11 is 0. The second kappa shape index (κ2) is 11.9. The van der Waals surface area contributed by atoms with Gasteiger partial charge in [0.25, 0.3) is 0 Å². The van der Waals surface area contributed by atoms with Crippen LogP contribution in [0.2, 0.25) is 0 Å². The number of hydrogen-bond acceptors (Lipinski definition) is 7. The van der Waals surface area contributed by atoms with Crippen LogP contribution in [0.4, 0.5) is 0 Å². The molecule has 7 aromatic rings. The molecule has 0 bridgehead atoms. The Hall–Kier alpha value is -6.49. The topological polar surface area (TPSA) is 188 Å². The van der Waals surface area contributed by atoms with Crippen LogP contribution in [0.1, 0.15) is 22.5 Å². The fraction of sp³-hybridized carbons (Fsp3) is 0.0571. The van der Waals surface area contributed by atoms with Gasteiger partial charge in [0.15, 0.2) is 0 Å². The number of benzene rings is 4. The molecule has 0 aliphatic heterocycles. The molecule has 0 aliphatic carbocycles. The lowest BCUT2D eigenvalue weighted by molar-refractivity contribution is 0.290. The smallest absolute Gasteiger partial charge is 0.138 e. The van der Waals surface area contributed by atoms with E-state index in [0.29, 0.717) is 35.8 Å². The zero-order chi connectivity index (χ0) is 31.6. The maximum Gasteiger partial charge on any atom is 0.138 e. The van der Waals surface area contributed by atoms with E-state index in [1.807, 2.05) is 91.0 Å². The van der Waals surface area contributed by atoms with E-state index < -0.39 is 0 Å². The van der Waals surface area contributed by atoms with Crippen molar-refractivity contribution in [3.8, 4) is 34.3 Å². The van der Waals surface area contributed by atoms with Crippen LogP contribution in [0.5, 0.6) is 11.5 Å². The summed E-state index contributed by atoms with van der Waals surface area (Å²) in [6, 6.07) is 32.1. The van der Waals surface area contributed by atoms with Gasteiger partial charge < -0.3 is 30.9 Å². The fourth-order valence-corrected chi connectivity index (χ4v) is 5.05. The first-order chi connectivity index (χ1) is 22.4. The molecule has 0 saturated carbocycles. The van der Waals surface area contributed by atoms with Crippen molar-refractivity contribution >= 4 is 33.7 Å². The molecule has 3 heterocycles. The van der Waals surface area contributed by atoms with E-state index in [4.69, 9.17) is 36.7 Å². The minimum atomic E-state index is 0.0187. The van der Waals surface area contributed by atoms with Crippen LogP contribution in [0.15, 0.2) is 103 Å². The summed E-state index contributed by atoms with van der Waals surface area (Å²) in [6.07, 6.45) is 0. The van der Waals surface area contributed by atoms with E-state index in [2.05, 4.69) is 19.9 Å². The van der Waals surface area contributed by atoms with Gasteiger partial charge in [0, 0.05) is 22.3 Å². The first-order valence-corrected chi connectivity index (χ1v) is 14.5. The Morgan fingerprint density at radius 2 is 1.00 bits per heavy atom. The van der Waals surface area contributed by atoms with Crippen molar-refractivity contribution in [1.29, 1.82) is 10.8 Å². The number of nitrogen functional groups attached to an aromatic ring is 2. The van der Waals surface area contributed by atoms with Gasteiger partial charge in [-0.3, -0.25) is 15.8 Å². The van der Waals surface area contributed by atoms with Gasteiger partial charge in [-0.05, 0) is 97.1 Å². The molecule has 0 atom stereocenters. The zero-order valence-electron chi connectivity index (χ0n) is 24.5. The van der Waals surface area contributed by atoms with Gasteiger partial charge in [-0.25, -0.2) is 9.97 Å². The molecule has 3 aromatic heterocycles. The monoisotopic (exact) mass is 607 g/mol. The van der Waals surface area contributed by atoms with Crippen LogP contribution >= 0.6 is 0 Å². The third-order valence-corrected chi connectivity index (χ3v) is 7.48. The van der Waals surface area contributed by atoms with Crippen LogP contribution in [-0.4, -0.2) is 36.6 Å². The van der Waals surface area contributed by atoms with Crippen molar-refractivity contribution in [3.63, 3.8) is 0 Å². The maximum atomic E-state index is 7.64. The van der Waals surface area contributed by atoms with Gasteiger partial charge in [0.1, 0.15) is 48.0 Å². The average Bonchev–Trinajstić information content (AvgIpc) is 3.71. The minimum absolute atomic E-state index is 0.0187. The molecule has 0 fully saturated rings. The molecule has 11 heteroatoms. The number of nitrogens with zero attached hydrogens (tertiary/aromatic N) is 3. The minimum Gasteiger partial charge on any atom is -0.487 e. The van der Waals surface area contributed by atoms with Crippen LogP contribution in [-0.2, 0) is 13.2 Å². The number of pyridine rings is 1. The third kappa shape index (κ3) is 5.97. The predicted octanol–water partition coefficient (Wildman–Crippen LogP) is 5.89. The van der Waals surface area contributed by atoms with Gasteiger partial charge >= 0.3 is 0 Å². The van der Waals surface area contributed by atoms with E-state index >= 15 is 0 Å². The third-order valence-electron chi connectivity index (χ3n) is 7.48. The lowest BCUT2D eigenvalue weighted by atomic mass is 10.2. The lowest BCUT2D eigenvalue weighted by Gasteiger charge is -2.09. The average molecular weight is 608 g/mol. The number of rotatable bonds is 10. The van der Waals surface area contributed by atoms with Gasteiger partial charge in [-0.15, -0.1) is 0 Å². The van der Waals surface area contributed by atoms with Crippen molar-refractivity contribution in [3.05, 3.63) is 126 Å². The summed E-state index contributed by atoms with van der Waals surface area (Å²) in [5.74, 6) is 2.92. The Morgan fingerprint density at radius 1 is 0.565 bits per heavy atom. The van der Waals surface area contributed by atoms with E-state index in [1.54, 1.807) is 12.1 Å². The summed E-state index contributed by atoms with van der Waals surface area (Å²) in [7, 11) is 0. The van der Waals surface area contributed by atoms with Gasteiger partial charge in [-0.2, -0.15) is 0 Å². The van der Waals surface area contributed by atoms with E-state index in [1.165, 1.54) is 0 Å². The van der Waals surface area contributed by atoms with Crippen molar-refractivity contribution < 1.29 is 9.47 Å². The van der Waals surface area contributed by atoms with E-state index in [0.717, 1.165) is 56.2 Å². The van der Waals surface area contributed by atoms with Gasteiger partial charge in [0.2, 0.25) is 0 Å². The van der Waals surface area contributed by atoms with E-state index in [9.17, 15) is 0 Å². The zero-order valence-corrected chi connectivity index (χ0v) is 24.5. The Morgan fingerprint density at radius 3 is 1.41 bits per heavy atom. The normalized spacial score (nSPS) is 11.1. The lowest BCUT2D eigenvalue weighted by Crippen LogP contribution is -2.10. The van der Waals surface area contributed by atoms with Crippen molar-refractivity contribution in [1.82, 2.24) is 24.9 Å². The second-order valence-electron chi connectivity index (χ2n) is 10.7. The highest BCUT2D eigenvalue weighted by molar-refractivity contribution is 5.99. The highest BCUT2D eigenvalue weighted by atomic mass is 16.5. The Kier molecular flexibility index (Phi) is 7.31. The summed E-state index contributed by atoms with van der Waals surface area (Å²) in [5, 5.41) is 15.3. The highest BCUT2D eigenvalue weighted by Gasteiger charge is 2.10. The standard InChI is InChI=1S/C35H29N9O2/c36-32(37)22-8-14-28-30(16-22)43-34(41-28)20-4-10-26(11-5-20)45-18-24-2-1-3-25(40-24)19-46-27-12-6-21(7-13-27)35-42-29-15-9-23(33(38)39)17-31(29)44-35/h1-17H,18-19H2,(H3,36,37)(H3,38,39)(H,41,43)(H,42,44). The summed E-state index contributed by atoms with van der Waals surface area (Å²) in [6.45, 7) is 0.623. The van der Waals surface area contributed by atoms with Crippen molar-refractivity contribution in [2.75, 3.05) is 0 Å². The quantitative estimate of drug-likeness (QED) is 0.0825. The molecule has 0 radical (unpaired) electrons. The first kappa shape index (κ1) is 28.3. The molecule has 0 amide bonds. The molecule has 226 valence electrons. The molecular formula is C35H29N9O2. The van der Waals surface area contributed by atoms with Crippen molar-refractivity contribution in [2.45, 2.75) is 13.2 Å². The molecule has 0 aliphatic rings. The number of fused-ring (bicyclic) bond motifs is 2. The van der Waals surface area contributed by atoms with Gasteiger partial charge in [0.05, 0.1) is 33.5 Å². The number of H-pyrrole nitrogens is 2. The molecule has 7 rings (SSSR count). The maximum absolute atomic E-state index is 7.64. The number of amidine groups is 2. The van der Waals surface area contributed by atoms with Crippen LogP contribution < -0.4 is 20.9 Å². The number of nitrogens with two attached hydrogens (primary N) is 2. The summed E-state index contributed by atoms with van der Waals surface area (Å²) < 4.78 is 12.0. The molecule has 11 nitrogen and oxygen atoms in total. The molecule has 4 aromatic carbocycles. The Bertz CT molecular complexity index is 2060. The second-order valence-corrected chi connectivity index (χ2v) is 10.7. The number of imidazole rings is 2. The number of nitrogens with one attached hydrogen (secondary N) is 4. The van der Waals surface area contributed by atoms with Crippen LogP contribution in [0.3, 0.4) is 0 Å². The van der Waals surface area contributed by atoms with Crippen molar-refractivity contribution in [2.24, 2.45) is 11.5 Å². The SMILES string of the molecule is N=C(N)c1ccc2nc(-c3ccc(OCc4cccc(COc5ccc(-c6nc7ccc(C(=N)N)cc7[nH]6)cc5)n4)cc3)[nH]c2c1. The number of aromatic nitrogens is 5. The number of aromatic amines is 2. The Labute approximate surface area is 263 Å². The molecule has 0 saturated heterocycles. The molecule has 8 N–H and O–H groups in total. The Balaban J connectivity index is 0.947. The fourth-order valence-electron chi connectivity index (χ4n) is 5.05. The summed E-state index contributed by atoms with van der Waals surface area (Å²) in [4.78, 5) is 20.6. The molecule has 0 spiro atoms. The summed E-state index contributed by atoms with van der Waals surface area (Å²) in [5.41, 5.74) is 19.2. The first-order valence-electron chi connectivity index (χ1n) is 14.5. The predicted molar refractivity (Wildman–Crippen MR) is 178 cm³/mol. The van der Waals surface area contributed by atoms with E-state index in [-0.39, 0.29) is 11.7 Å². The number of hydrogen-bond donors (Lipinski definition) is 6.